The fraction of sp³-hybridized carbons (Fsp3) is 0.105. The summed E-state index contributed by atoms with van der Waals surface area (Å²) in [5, 5.41) is 14.5. The summed E-state index contributed by atoms with van der Waals surface area (Å²) in [6.45, 7) is 2.19. The first-order valence-electron chi connectivity index (χ1n) is 7.81. The zero-order valence-electron chi connectivity index (χ0n) is 13.2. The molecule has 1 unspecified atom stereocenters. The van der Waals surface area contributed by atoms with E-state index < -0.39 is 0 Å². The Kier molecular flexibility index (Phi) is 4.01. The van der Waals surface area contributed by atoms with E-state index in [1.54, 1.807) is 11.8 Å². The minimum atomic E-state index is 0.327. The van der Waals surface area contributed by atoms with Crippen LogP contribution in [0.4, 0.5) is 0 Å². The van der Waals surface area contributed by atoms with Crippen molar-refractivity contribution in [3.8, 4) is 11.4 Å². The van der Waals surface area contributed by atoms with Crippen molar-refractivity contribution in [2.45, 2.75) is 17.2 Å². The number of hydrogen-bond donors (Lipinski definition) is 0. The van der Waals surface area contributed by atoms with E-state index in [9.17, 15) is 0 Å². The van der Waals surface area contributed by atoms with Gasteiger partial charge >= 0.3 is 0 Å². The van der Waals surface area contributed by atoms with E-state index in [0.717, 1.165) is 22.1 Å². The normalized spacial score (nSPS) is 12.4. The fourth-order valence-corrected chi connectivity index (χ4v) is 3.51. The molecule has 1 atom stereocenters. The lowest BCUT2D eigenvalue weighted by atomic mass is 10.2. The molecule has 4 aromatic rings. The molecule has 2 aromatic heterocycles. The minimum absolute atomic E-state index is 0.327. The maximum atomic E-state index is 4.73. The van der Waals surface area contributed by atoms with Crippen LogP contribution in [0.25, 0.3) is 17.0 Å². The first-order chi connectivity index (χ1) is 11.8. The molecule has 0 spiro atoms. The maximum Gasteiger partial charge on any atom is 0.185 e. The van der Waals surface area contributed by atoms with Crippen molar-refractivity contribution in [2.24, 2.45) is 0 Å². The van der Waals surface area contributed by atoms with Crippen molar-refractivity contribution >= 4 is 17.4 Å². The number of rotatable bonds is 4. The molecule has 0 N–H and O–H groups in total. The van der Waals surface area contributed by atoms with Crippen LogP contribution in [0.1, 0.15) is 17.7 Å². The summed E-state index contributed by atoms with van der Waals surface area (Å²) in [6.07, 6.45) is 0. The Balaban J connectivity index is 1.68. The molecule has 0 aliphatic rings. The fourth-order valence-electron chi connectivity index (χ4n) is 2.58. The summed E-state index contributed by atoms with van der Waals surface area (Å²) >= 11 is 1.73. The van der Waals surface area contributed by atoms with Gasteiger partial charge in [-0.3, -0.25) is 0 Å². The Bertz CT molecular complexity index is 951. The molecular weight excluding hydrogens is 316 g/mol. The Hall–Kier alpha value is -2.66. The Morgan fingerprint density at radius 1 is 0.833 bits per heavy atom. The van der Waals surface area contributed by atoms with Gasteiger partial charge in [0, 0.05) is 10.8 Å². The summed E-state index contributed by atoms with van der Waals surface area (Å²) in [6, 6.07) is 24.4. The third-order valence-corrected chi connectivity index (χ3v) is 4.92. The predicted octanol–water partition coefficient (Wildman–Crippen LogP) is 4.64. The van der Waals surface area contributed by atoms with E-state index in [2.05, 4.69) is 41.4 Å². The van der Waals surface area contributed by atoms with E-state index >= 15 is 0 Å². The lowest BCUT2D eigenvalue weighted by Crippen LogP contribution is -1.97. The van der Waals surface area contributed by atoms with Gasteiger partial charge in [-0.15, -0.1) is 10.2 Å². The second kappa shape index (κ2) is 6.45. The van der Waals surface area contributed by atoms with Crippen molar-refractivity contribution in [1.29, 1.82) is 0 Å². The lowest BCUT2D eigenvalue weighted by Gasteiger charge is -2.11. The Morgan fingerprint density at radius 3 is 2.29 bits per heavy atom. The lowest BCUT2D eigenvalue weighted by molar-refractivity contribution is 0.857. The summed E-state index contributed by atoms with van der Waals surface area (Å²) in [4.78, 5) is 0. The first kappa shape index (κ1) is 14.9. The molecule has 5 heteroatoms. The molecule has 118 valence electrons. The standard InChI is InChI=1S/C19H16N4S/c1-14(15-8-4-2-5-9-15)24-18-13-12-17-20-21-19(23(17)22-18)16-10-6-3-7-11-16/h2-14H,1H3. The highest BCUT2D eigenvalue weighted by atomic mass is 32.2. The van der Waals surface area contributed by atoms with Crippen molar-refractivity contribution in [3.05, 3.63) is 78.4 Å². The zero-order valence-corrected chi connectivity index (χ0v) is 14.0. The van der Waals surface area contributed by atoms with Crippen LogP contribution in [-0.4, -0.2) is 19.8 Å². The van der Waals surface area contributed by atoms with Crippen LogP contribution in [0.15, 0.2) is 77.8 Å². The van der Waals surface area contributed by atoms with Crippen LogP contribution >= 0.6 is 11.8 Å². The van der Waals surface area contributed by atoms with Gasteiger partial charge in [-0.1, -0.05) is 72.4 Å². The van der Waals surface area contributed by atoms with Gasteiger partial charge in [0.05, 0.1) is 0 Å². The largest absolute Gasteiger partial charge is 0.192 e. The van der Waals surface area contributed by atoms with Crippen LogP contribution in [0.2, 0.25) is 0 Å². The SMILES string of the molecule is CC(Sc1ccc2nnc(-c3ccccc3)n2n1)c1ccccc1. The van der Waals surface area contributed by atoms with E-state index in [-0.39, 0.29) is 0 Å². The highest BCUT2D eigenvalue weighted by molar-refractivity contribution is 7.99. The van der Waals surface area contributed by atoms with E-state index in [1.807, 2.05) is 53.0 Å². The summed E-state index contributed by atoms with van der Waals surface area (Å²) < 4.78 is 1.81. The van der Waals surface area contributed by atoms with Crippen LogP contribution in [0, 0.1) is 0 Å². The highest BCUT2D eigenvalue weighted by Gasteiger charge is 2.12. The molecule has 0 saturated carbocycles. The second-order valence-corrected chi connectivity index (χ2v) is 6.86. The number of hydrogen-bond acceptors (Lipinski definition) is 4. The molecule has 4 rings (SSSR count). The third-order valence-electron chi connectivity index (χ3n) is 3.84. The molecule has 0 fully saturated rings. The zero-order chi connectivity index (χ0) is 16.4. The van der Waals surface area contributed by atoms with Crippen LogP contribution in [-0.2, 0) is 0 Å². The first-order valence-corrected chi connectivity index (χ1v) is 8.69. The van der Waals surface area contributed by atoms with Gasteiger partial charge < -0.3 is 0 Å². The Labute approximate surface area is 144 Å². The van der Waals surface area contributed by atoms with Gasteiger partial charge in [0.1, 0.15) is 5.03 Å². The molecule has 0 radical (unpaired) electrons. The van der Waals surface area contributed by atoms with Gasteiger partial charge in [-0.25, -0.2) is 0 Å². The molecule has 0 amide bonds. The molecule has 0 aliphatic carbocycles. The average molecular weight is 332 g/mol. The summed E-state index contributed by atoms with van der Waals surface area (Å²) in [5.41, 5.74) is 3.05. The molecule has 4 nitrogen and oxygen atoms in total. The van der Waals surface area contributed by atoms with Crippen LogP contribution < -0.4 is 0 Å². The smallest absolute Gasteiger partial charge is 0.185 e. The third kappa shape index (κ3) is 2.90. The van der Waals surface area contributed by atoms with Gasteiger partial charge in [0.2, 0.25) is 0 Å². The molecule has 0 bridgehead atoms. The second-order valence-electron chi connectivity index (χ2n) is 5.50. The van der Waals surface area contributed by atoms with Crippen molar-refractivity contribution in [3.63, 3.8) is 0 Å². The summed E-state index contributed by atoms with van der Waals surface area (Å²) in [7, 11) is 0. The van der Waals surface area contributed by atoms with Gasteiger partial charge in [0.25, 0.3) is 0 Å². The molecule has 24 heavy (non-hydrogen) atoms. The quantitative estimate of drug-likeness (QED) is 0.510. The van der Waals surface area contributed by atoms with Gasteiger partial charge in [0.15, 0.2) is 11.5 Å². The van der Waals surface area contributed by atoms with Crippen molar-refractivity contribution in [1.82, 2.24) is 19.8 Å². The monoisotopic (exact) mass is 332 g/mol. The van der Waals surface area contributed by atoms with Crippen LogP contribution in [0.5, 0.6) is 0 Å². The summed E-state index contributed by atoms with van der Waals surface area (Å²) in [5.74, 6) is 0.764. The average Bonchev–Trinajstić information content (AvgIpc) is 3.06. The number of fused-ring (bicyclic) bond motifs is 1. The minimum Gasteiger partial charge on any atom is -0.192 e. The molecular formula is C19H16N4S. The van der Waals surface area contributed by atoms with Crippen LogP contribution in [0.3, 0.4) is 0 Å². The van der Waals surface area contributed by atoms with Gasteiger partial charge in [-0.2, -0.15) is 9.61 Å². The molecule has 2 heterocycles. The molecule has 0 saturated heterocycles. The topological polar surface area (TPSA) is 43.1 Å². The highest BCUT2D eigenvalue weighted by Crippen LogP contribution is 2.33. The maximum absolute atomic E-state index is 4.73. The predicted molar refractivity (Wildman–Crippen MR) is 96.9 cm³/mol. The molecule has 2 aromatic carbocycles. The molecule has 0 aliphatic heterocycles. The Morgan fingerprint density at radius 2 is 1.54 bits per heavy atom. The van der Waals surface area contributed by atoms with E-state index in [0.29, 0.717) is 5.25 Å². The number of nitrogens with zero attached hydrogens (tertiary/aromatic N) is 4. The van der Waals surface area contributed by atoms with Crippen molar-refractivity contribution in [2.75, 3.05) is 0 Å². The van der Waals surface area contributed by atoms with Gasteiger partial charge in [-0.05, 0) is 24.6 Å². The van der Waals surface area contributed by atoms with E-state index in [1.165, 1.54) is 5.56 Å². The van der Waals surface area contributed by atoms with Crippen molar-refractivity contribution < 1.29 is 0 Å². The number of thioether (sulfide) groups is 1. The number of aromatic nitrogens is 4. The van der Waals surface area contributed by atoms with E-state index in [4.69, 9.17) is 5.10 Å². The number of benzene rings is 2.